The van der Waals surface area contributed by atoms with Crippen molar-refractivity contribution in [1.82, 2.24) is 5.32 Å². The average molecular weight is 256 g/mol. The Morgan fingerprint density at radius 2 is 1.72 bits per heavy atom. The maximum absolute atomic E-state index is 13.2. The number of hydrogen-bond donors (Lipinski definition) is 2. The molecule has 0 bridgehead atoms. The molecule has 4 heteroatoms. The van der Waals surface area contributed by atoms with E-state index in [2.05, 4.69) is 5.32 Å². The largest absolute Gasteiger partial charge is 0.329 e. The van der Waals surface area contributed by atoms with Crippen LogP contribution in [0.25, 0.3) is 0 Å². The van der Waals surface area contributed by atoms with Gasteiger partial charge in [-0.3, -0.25) is 0 Å². The highest BCUT2D eigenvalue weighted by Gasteiger charge is 2.25. The lowest BCUT2D eigenvalue weighted by molar-refractivity contribution is 0.346. The molecule has 3 N–H and O–H groups in total. The van der Waals surface area contributed by atoms with Crippen LogP contribution in [0.2, 0.25) is 0 Å². The van der Waals surface area contributed by atoms with Gasteiger partial charge in [0.1, 0.15) is 0 Å². The molecule has 0 amide bonds. The van der Waals surface area contributed by atoms with Gasteiger partial charge in [0.15, 0.2) is 11.6 Å². The van der Waals surface area contributed by atoms with Crippen LogP contribution in [0, 0.1) is 11.6 Å². The molecule has 0 aliphatic carbocycles. The van der Waals surface area contributed by atoms with Crippen LogP contribution in [-0.2, 0) is 5.41 Å². The molecular weight excluding hydrogens is 234 g/mol. The standard InChI is InChI=1S/C14H22F2N2/c1-13(2,9-18-14(3,4)8-17)10-5-6-11(15)12(16)7-10/h5-7,18H,8-9,17H2,1-4H3. The van der Waals surface area contributed by atoms with Crippen LogP contribution in [0.3, 0.4) is 0 Å². The van der Waals surface area contributed by atoms with Gasteiger partial charge in [0.25, 0.3) is 0 Å². The van der Waals surface area contributed by atoms with Gasteiger partial charge >= 0.3 is 0 Å². The minimum Gasteiger partial charge on any atom is -0.329 e. The Morgan fingerprint density at radius 1 is 1.11 bits per heavy atom. The van der Waals surface area contributed by atoms with Crippen LogP contribution in [0.15, 0.2) is 18.2 Å². The van der Waals surface area contributed by atoms with Gasteiger partial charge in [-0.15, -0.1) is 0 Å². The molecule has 0 fully saturated rings. The van der Waals surface area contributed by atoms with Crippen molar-refractivity contribution in [1.29, 1.82) is 0 Å². The van der Waals surface area contributed by atoms with Crippen molar-refractivity contribution in [2.24, 2.45) is 5.73 Å². The highest BCUT2D eigenvalue weighted by molar-refractivity contribution is 5.25. The van der Waals surface area contributed by atoms with Crippen molar-refractivity contribution < 1.29 is 8.78 Å². The summed E-state index contributed by atoms with van der Waals surface area (Å²) in [6.45, 7) is 9.14. The van der Waals surface area contributed by atoms with E-state index in [4.69, 9.17) is 5.73 Å². The van der Waals surface area contributed by atoms with Crippen molar-refractivity contribution in [2.75, 3.05) is 13.1 Å². The summed E-state index contributed by atoms with van der Waals surface area (Å²) >= 11 is 0. The van der Waals surface area contributed by atoms with Gasteiger partial charge in [-0.25, -0.2) is 8.78 Å². The Kier molecular flexibility index (Phi) is 4.46. The molecule has 102 valence electrons. The summed E-state index contributed by atoms with van der Waals surface area (Å²) in [4.78, 5) is 0. The highest BCUT2D eigenvalue weighted by Crippen LogP contribution is 2.24. The Bertz CT molecular complexity index is 414. The van der Waals surface area contributed by atoms with E-state index in [1.54, 1.807) is 6.07 Å². The Labute approximate surface area is 108 Å². The monoisotopic (exact) mass is 256 g/mol. The summed E-state index contributed by atoms with van der Waals surface area (Å²) in [5.41, 5.74) is 5.95. The van der Waals surface area contributed by atoms with Gasteiger partial charge in [0.2, 0.25) is 0 Å². The molecule has 1 rings (SSSR count). The van der Waals surface area contributed by atoms with Gasteiger partial charge in [-0.2, -0.15) is 0 Å². The summed E-state index contributed by atoms with van der Waals surface area (Å²) in [7, 11) is 0. The fourth-order valence-electron chi connectivity index (χ4n) is 1.55. The topological polar surface area (TPSA) is 38.0 Å². The second-order valence-electron chi connectivity index (χ2n) is 5.95. The van der Waals surface area contributed by atoms with Crippen molar-refractivity contribution >= 4 is 0 Å². The van der Waals surface area contributed by atoms with E-state index < -0.39 is 11.6 Å². The molecule has 0 aromatic heterocycles. The lowest BCUT2D eigenvalue weighted by Gasteiger charge is -2.32. The Hall–Kier alpha value is -1.00. The van der Waals surface area contributed by atoms with Crippen molar-refractivity contribution in [2.45, 2.75) is 38.6 Å². The zero-order chi connectivity index (χ0) is 14.0. The second kappa shape index (κ2) is 5.33. The molecule has 0 unspecified atom stereocenters. The SMILES string of the molecule is CC(C)(CN)NCC(C)(C)c1ccc(F)c(F)c1. The molecule has 0 spiro atoms. The maximum Gasteiger partial charge on any atom is 0.159 e. The molecule has 0 aliphatic rings. The van der Waals surface area contributed by atoms with E-state index in [1.165, 1.54) is 12.1 Å². The van der Waals surface area contributed by atoms with E-state index in [0.29, 0.717) is 13.1 Å². The second-order valence-corrected chi connectivity index (χ2v) is 5.95. The zero-order valence-electron chi connectivity index (χ0n) is 11.5. The molecule has 0 saturated heterocycles. The van der Waals surface area contributed by atoms with E-state index >= 15 is 0 Å². The first-order valence-electron chi connectivity index (χ1n) is 6.08. The summed E-state index contributed by atoms with van der Waals surface area (Å²) in [6, 6.07) is 4.04. The molecule has 0 radical (unpaired) electrons. The molecule has 1 aromatic rings. The molecule has 18 heavy (non-hydrogen) atoms. The first-order chi connectivity index (χ1) is 8.18. The van der Waals surface area contributed by atoms with Gasteiger partial charge in [-0.1, -0.05) is 19.9 Å². The molecule has 0 atom stereocenters. The lowest BCUT2D eigenvalue weighted by Crippen LogP contribution is -2.50. The third kappa shape index (κ3) is 3.75. The average Bonchev–Trinajstić information content (AvgIpc) is 2.30. The fraction of sp³-hybridized carbons (Fsp3) is 0.571. The fourth-order valence-corrected chi connectivity index (χ4v) is 1.55. The van der Waals surface area contributed by atoms with Gasteiger partial charge in [0.05, 0.1) is 0 Å². The number of rotatable bonds is 5. The van der Waals surface area contributed by atoms with Crippen LogP contribution in [-0.4, -0.2) is 18.6 Å². The molecule has 0 aliphatic heterocycles. The normalized spacial score (nSPS) is 12.8. The zero-order valence-corrected chi connectivity index (χ0v) is 11.5. The Morgan fingerprint density at radius 3 is 2.22 bits per heavy atom. The smallest absolute Gasteiger partial charge is 0.159 e. The molecular formula is C14H22F2N2. The summed E-state index contributed by atoms with van der Waals surface area (Å²) in [5, 5.41) is 3.34. The Balaban J connectivity index is 2.82. The predicted octanol–water partition coefficient (Wildman–Crippen LogP) is 2.57. The van der Waals surface area contributed by atoms with Crippen LogP contribution in [0.4, 0.5) is 8.78 Å². The first kappa shape index (κ1) is 15.1. The highest BCUT2D eigenvalue weighted by atomic mass is 19.2. The summed E-state index contributed by atoms with van der Waals surface area (Å²) in [5.74, 6) is -1.62. The van der Waals surface area contributed by atoms with Crippen molar-refractivity contribution in [3.05, 3.63) is 35.4 Å². The van der Waals surface area contributed by atoms with Gasteiger partial charge in [-0.05, 0) is 31.5 Å². The number of benzene rings is 1. The number of nitrogens with two attached hydrogens (primary N) is 1. The minimum atomic E-state index is -0.815. The number of nitrogens with one attached hydrogen (secondary N) is 1. The van der Waals surface area contributed by atoms with Crippen LogP contribution in [0.1, 0.15) is 33.3 Å². The third-order valence-corrected chi connectivity index (χ3v) is 3.22. The van der Waals surface area contributed by atoms with E-state index in [9.17, 15) is 8.78 Å². The molecule has 0 heterocycles. The lowest BCUT2D eigenvalue weighted by atomic mass is 9.83. The predicted molar refractivity (Wildman–Crippen MR) is 70.5 cm³/mol. The van der Waals surface area contributed by atoms with E-state index in [0.717, 1.165) is 5.56 Å². The van der Waals surface area contributed by atoms with Crippen LogP contribution >= 0.6 is 0 Å². The molecule has 2 nitrogen and oxygen atoms in total. The van der Waals surface area contributed by atoms with Gasteiger partial charge in [0, 0.05) is 24.0 Å². The van der Waals surface area contributed by atoms with E-state index in [1.807, 2.05) is 27.7 Å². The van der Waals surface area contributed by atoms with Gasteiger partial charge < -0.3 is 11.1 Å². The summed E-state index contributed by atoms with van der Waals surface area (Å²) in [6.07, 6.45) is 0. The van der Waals surface area contributed by atoms with E-state index in [-0.39, 0.29) is 11.0 Å². The molecule has 1 aromatic carbocycles. The van der Waals surface area contributed by atoms with Crippen molar-refractivity contribution in [3.63, 3.8) is 0 Å². The van der Waals surface area contributed by atoms with Crippen LogP contribution < -0.4 is 11.1 Å². The first-order valence-corrected chi connectivity index (χ1v) is 6.08. The summed E-state index contributed by atoms with van der Waals surface area (Å²) < 4.78 is 26.1. The minimum absolute atomic E-state index is 0.171. The third-order valence-electron chi connectivity index (χ3n) is 3.22. The number of hydrogen-bond acceptors (Lipinski definition) is 2. The quantitative estimate of drug-likeness (QED) is 0.849. The maximum atomic E-state index is 13.2. The molecule has 0 saturated carbocycles. The van der Waals surface area contributed by atoms with Crippen LogP contribution in [0.5, 0.6) is 0 Å². The van der Waals surface area contributed by atoms with Crippen molar-refractivity contribution in [3.8, 4) is 0 Å². The number of halogens is 2.